The third-order valence-corrected chi connectivity index (χ3v) is 4.68. The fourth-order valence-corrected chi connectivity index (χ4v) is 3.45. The van der Waals surface area contributed by atoms with E-state index in [1.54, 1.807) is 0 Å². The Morgan fingerprint density at radius 1 is 1.32 bits per heavy atom. The van der Waals surface area contributed by atoms with E-state index >= 15 is 0 Å². The molecule has 0 radical (unpaired) electrons. The highest BCUT2D eigenvalue weighted by Gasteiger charge is 2.38. The van der Waals surface area contributed by atoms with Crippen molar-refractivity contribution < 1.29 is 4.79 Å². The minimum atomic E-state index is 0.120. The van der Waals surface area contributed by atoms with Gasteiger partial charge >= 0.3 is 0 Å². The standard InChI is InChI=1S/C15H29N3O/c1-11(5-3-6-12(2)16)15(19)17-13-8-10-18-9-4-7-14(13)18/h11-14H,3-10,16H2,1-2H3,(H,17,19). The number of fused-ring (bicyclic) bond motifs is 1. The molecule has 19 heavy (non-hydrogen) atoms. The van der Waals surface area contributed by atoms with Gasteiger partial charge < -0.3 is 11.1 Å². The van der Waals surface area contributed by atoms with Crippen LogP contribution in [-0.2, 0) is 4.79 Å². The number of rotatable bonds is 6. The van der Waals surface area contributed by atoms with Crippen molar-refractivity contribution in [2.75, 3.05) is 13.1 Å². The van der Waals surface area contributed by atoms with Crippen molar-refractivity contribution >= 4 is 5.91 Å². The molecule has 2 aliphatic heterocycles. The minimum Gasteiger partial charge on any atom is -0.352 e. The fourth-order valence-electron chi connectivity index (χ4n) is 3.45. The van der Waals surface area contributed by atoms with Crippen LogP contribution in [-0.4, -0.2) is 42.0 Å². The van der Waals surface area contributed by atoms with E-state index in [0.29, 0.717) is 12.1 Å². The number of carbonyl (C=O) groups is 1. The number of nitrogens with one attached hydrogen (secondary N) is 1. The number of nitrogens with two attached hydrogens (primary N) is 1. The predicted molar refractivity (Wildman–Crippen MR) is 77.8 cm³/mol. The Hall–Kier alpha value is -0.610. The molecule has 0 aromatic carbocycles. The molecule has 0 spiro atoms. The van der Waals surface area contributed by atoms with Crippen LogP contribution in [0.2, 0.25) is 0 Å². The number of carbonyl (C=O) groups excluding carboxylic acids is 1. The molecule has 0 saturated carbocycles. The van der Waals surface area contributed by atoms with Crippen molar-refractivity contribution in [1.29, 1.82) is 0 Å². The summed E-state index contributed by atoms with van der Waals surface area (Å²) in [6.07, 6.45) is 6.69. The predicted octanol–water partition coefficient (Wildman–Crippen LogP) is 1.49. The van der Waals surface area contributed by atoms with Crippen molar-refractivity contribution in [3.05, 3.63) is 0 Å². The van der Waals surface area contributed by atoms with Gasteiger partial charge in [-0.2, -0.15) is 0 Å². The van der Waals surface area contributed by atoms with Crippen molar-refractivity contribution in [2.24, 2.45) is 11.7 Å². The fraction of sp³-hybridized carbons (Fsp3) is 0.933. The first kappa shape index (κ1) is 14.8. The molecule has 110 valence electrons. The van der Waals surface area contributed by atoms with E-state index in [4.69, 9.17) is 5.73 Å². The number of hydrogen-bond acceptors (Lipinski definition) is 3. The molecular formula is C15H29N3O. The van der Waals surface area contributed by atoms with Gasteiger partial charge in [0.2, 0.25) is 5.91 Å². The van der Waals surface area contributed by atoms with Crippen molar-refractivity contribution in [1.82, 2.24) is 10.2 Å². The average molecular weight is 267 g/mol. The first-order chi connectivity index (χ1) is 9.08. The van der Waals surface area contributed by atoms with Gasteiger partial charge in [-0.1, -0.05) is 13.3 Å². The monoisotopic (exact) mass is 267 g/mol. The third kappa shape index (κ3) is 3.93. The van der Waals surface area contributed by atoms with Crippen LogP contribution in [0.25, 0.3) is 0 Å². The molecule has 2 fully saturated rings. The smallest absolute Gasteiger partial charge is 0.223 e. The van der Waals surface area contributed by atoms with Gasteiger partial charge in [0.25, 0.3) is 0 Å². The highest BCUT2D eigenvalue weighted by Crippen LogP contribution is 2.28. The molecule has 0 bridgehead atoms. The molecule has 0 aromatic heterocycles. The summed E-state index contributed by atoms with van der Waals surface area (Å²) in [5.74, 6) is 0.359. The van der Waals surface area contributed by atoms with Crippen LogP contribution in [0.3, 0.4) is 0 Å². The van der Waals surface area contributed by atoms with Gasteiger partial charge in [0.1, 0.15) is 0 Å². The SMILES string of the molecule is CC(N)CCCC(C)C(=O)NC1CCN2CCCC12. The zero-order valence-corrected chi connectivity index (χ0v) is 12.4. The van der Waals surface area contributed by atoms with E-state index in [1.165, 1.54) is 19.4 Å². The quantitative estimate of drug-likeness (QED) is 0.766. The molecule has 2 rings (SSSR count). The molecular weight excluding hydrogens is 238 g/mol. The second-order valence-electron chi connectivity index (χ2n) is 6.46. The molecule has 2 aliphatic rings. The van der Waals surface area contributed by atoms with Crippen LogP contribution in [0, 0.1) is 5.92 Å². The van der Waals surface area contributed by atoms with Crippen LogP contribution in [0.15, 0.2) is 0 Å². The van der Waals surface area contributed by atoms with E-state index in [1.807, 2.05) is 13.8 Å². The second-order valence-corrected chi connectivity index (χ2v) is 6.46. The molecule has 1 amide bonds. The highest BCUT2D eigenvalue weighted by atomic mass is 16.1. The summed E-state index contributed by atoms with van der Waals surface area (Å²) >= 11 is 0. The van der Waals surface area contributed by atoms with Gasteiger partial charge in [-0.05, 0) is 45.6 Å². The van der Waals surface area contributed by atoms with Gasteiger partial charge in [0, 0.05) is 30.6 Å². The first-order valence-electron chi connectivity index (χ1n) is 7.88. The molecule has 3 N–H and O–H groups in total. The molecule has 4 nitrogen and oxygen atoms in total. The molecule has 4 unspecified atom stereocenters. The normalized spacial score (nSPS) is 30.1. The van der Waals surface area contributed by atoms with Crippen molar-refractivity contribution in [3.63, 3.8) is 0 Å². The van der Waals surface area contributed by atoms with Crippen molar-refractivity contribution in [3.8, 4) is 0 Å². The van der Waals surface area contributed by atoms with Crippen molar-refractivity contribution in [2.45, 2.75) is 70.5 Å². The maximum absolute atomic E-state index is 12.2. The largest absolute Gasteiger partial charge is 0.352 e. The third-order valence-electron chi connectivity index (χ3n) is 4.68. The zero-order valence-electron chi connectivity index (χ0n) is 12.4. The lowest BCUT2D eigenvalue weighted by Gasteiger charge is -2.23. The lowest BCUT2D eigenvalue weighted by molar-refractivity contribution is -0.125. The number of hydrogen-bond donors (Lipinski definition) is 2. The molecule has 0 aliphatic carbocycles. The lowest BCUT2D eigenvalue weighted by Crippen LogP contribution is -2.44. The Kier molecular flexibility index (Phi) is 5.22. The van der Waals surface area contributed by atoms with E-state index in [2.05, 4.69) is 10.2 Å². The average Bonchev–Trinajstić information content (AvgIpc) is 2.93. The zero-order chi connectivity index (χ0) is 13.8. The van der Waals surface area contributed by atoms with E-state index in [-0.39, 0.29) is 17.9 Å². The maximum Gasteiger partial charge on any atom is 0.223 e. The van der Waals surface area contributed by atoms with Gasteiger partial charge in [0.15, 0.2) is 0 Å². The summed E-state index contributed by atoms with van der Waals surface area (Å²) < 4.78 is 0. The van der Waals surface area contributed by atoms with Crippen LogP contribution in [0.5, 0.6) is 0 Å². The minimum absolute atomic E-state index is 0.120. The van der Waals surface area contributed by atoms with Crippen LogP contribution in [0.4, 0.5) is 0 Å². The Labute approximate surface area is 117 Å². The van der Waals surface area contributed by atoms with E-state index in [9.17, 15) is 4.79 Å². The van der Waals surface area contributed by atoms with Crippen LogP contribution in [0.1, 0.15) is 52.4 Å². The lowest BCUT2D eigenvalue weighted by atomic mass is 10.00. The molecule has 4 heteroatoms. The van der Waals surface area contributed by atoms with E-state index in [0.717, 1.165) is 32.2 Å². The Balaban J connectivity index is 1.71. The summed E-state index contributed by atoms with van der Waals surface area (Å²) in [7, 11) is 0. The Morgan fingerprint density at radius 2 is 2.11 bits per heavy atom. The second kappa shape index (κ2) is 6.71. The summed E-state index contributed by atoms with van der Waals surface area (Å²) in [5.41, 5.74) is 5.74. The summed E-state index contributed by atoms with van der Waals surface area (Å²) in [5, 5.41) is 3.28. The topological polar surface area (TPSA) is 58.4 Å². The molecule has 2 saturated heterocycles. The van der Waals surface area contributed by atoms with Gasteiger partial charge in [0.05, 0.1) is 0 Å². The Morgan fingerprint density at radius 3 is 2.84 bits per heavy atom. The van der Waals surface area contributed by atoms with E-state index < -0.39 is 0 Å². The summed E-state index contributed by atoms with van der Waals surface area (Å²) in [6.45, 7) is 6.45. The first-order valence-corrected chi connectivity index (χ1v) is 7.88. The van der Waals surface area contributed by atoms with Gasteiger partial charge in [-0.25, -0.2) is 0 Å². The number of amides is 1. The summed E-state index contributed by atoms with van der Waals surface area (Å²) in [4.78, 5) is 14.7. The highest BCUT2D eigenvalue weighted by molar-refractivity contribution is 5.78. The molecule has 4 atom stereocenters. The Bertz CT molecular complexity index is 306. The molecule has 0 aromatic rings. The number of nitrogens with zero attached hydrogens (tertiary/aromatic N) is 1. The molecule has 2 heterocycles. The maximum atomic E-state index is 12.2. The van der Waals surface area contributed by atoms with Crippen LogP contribution < -0.4 is 11.1 Å². The van der Waals surface area contributed by atoms with Gasteiger partial charge in [-0.3, -0.25) is 9.69 Å². The van der Waals surface area contributed by atoms with Crippen LogP contribution >= 0.6 is 0 Å². The van der Waals surface area contributed by atoms with Gasteiger partial charge in [-0.15, -0.1) is 0 Å². The summed E-state index contributed by atoms with van der Waals surface area (Å²) in [6, 6.07) is 1.25.